The van der Waals surface area contributed by atoms with Crippen molar-refractivity contribution in [1.29, 1.82) is 0 Å². The number of nitro groups is 1. The van der Waals surface area contributed by atoms with Gasteiger partial charge >= 0.3 is 5.69 Å². The lowest BCUT2D eigenvalue weighted by Gasteiger charge is -2.28. The second-order valence-electron chi connectivity index (χ2n) is 6.89. The van der Waals surface area contributed by atoms with Gasteiger partial charge < -0.3 is 5.11 Å². The lowest BCUT2D eigenvalue weighted by Crippen LogP contribution is -2.41. The molecule has 2 amide bonds. The molecule has 4 rings (SSSR count). The van der Waals surface area contributed by atoms with Crippen LogP contribution < -0.4 is 4.90 Å². The van der Waals surface area contributed by atoms with Crippen LogP contribution in [-0.2, 0) is 4.79 Å². The van der Waals surface area contributed by atoms with Crippen LogP contribution >= 0.6 is 0 Å². The number of aryl methyl sites for hydroxylation is 1. The number of carbonyl (C=O) groups is 2. The van der Waals surface area contributed by atoms with E-state index >= 15 is 0 Å². The number of hydrogen-bond donors (Lipinski definition) is 1. The summed E-state index contributed by atoms with van der Waals surface area (Å²) in [5.74, 6) is -1.43. The Morgan fingerprint density at radius 1 is 0.933 bits per heavy atom. The van der Waals surface area contributed by atoms with Crippen LogP contribution in [0.3, 0.4) is 0 Å². The van der Waals surface area contributed by atoms with Crippen molar-refractivity contribution in [2.75, 3.05) is 4.90 Å². The quantitative estimate of drug-likeness (QED) is 0.305. The molecule has 1 N–H and O–H groups in total. The van der Waals surface area contributed by atoms with E-state index < -0.39 is 28.2 Å². The summed E-state index contributed by atoms with van der Waals surface area (Å²) in [5, 5.41) is 20.8. The number of rotatable bonds is 3. The number of phenolic OH excluding ortho intramolecular Hbond substituents is 1. The summed E-state index contributed by atoms with van der Waals surface area (Å²) >= 11 is 0. The molecule has 0 bridgehead atoms. The number of carbonyl (C=O) groups excluding carboxylic acids is 2. The molecule has 1 aliphatic heterocycles. The molecule has 0 saturated carbocycles. The van der Waals surface area contributed by atoms with E-state index in [2.05, 4.69) is 0 Å². The van der Waals surface area contributed by atoms with Crippen molar-refractivity contribution in [3.63, 3.8) is 0 Å². The monoisotopic (exact) mass is 400 g/mol. The van der Waals surface area contributed by atoms with Crippen molar-refractivity contribution in [1.82, 2.24) is 0 Å². The van der Waals surface area contributed by atoms with E-state index in [-0.39, 0.29) is 5.57 Å². The molecule has 0 spiro atoms. The molecule has 30 heavy (non-hydrogen) atoms. The zero-order chi connectivity index (χ0) is 21.4. The Balaban J connectivity index is 1.89. The highest BCUT2D eigenvalue weighted by molar-refractivity contribution is 6.43. The molecule has 0 aromatic heterocycles. The number of imide groups is 1. The average molecular weight is 400 g/mol. The first kappa shape index (κ1) is 19.1. The summed E-state index contributed by atoms with van der Waals surface area (Å²) < 4.78 is 0. The van der Waals surface area contributed by atoms with Crippen LogP contribution in [0.25, 0.3) is 11.6 Å². The number of anilines is 1. The molecular formula is C23H16N2O5. The molecule has 0 saturated heterocycles. The van der Waals surface area contributed by atoms with Gasteiger partial charge in [-0.05, 0) is 48.4 Å². The smallest absolute Gasteiger partial charge is 0.311 e. The van der Waals surface area contributed by atoms with Crippen LogP contribution in [0.5, 0.6) is 5.75 Å². The van der Waals surface area contributed by atoms with E-state index in [0.29, 0.717) is 22.4 Å². The molecule has 0 radical (unpaired) electrons. The van der Waals surface area contributed by atoms with Gasteiger partial charge in [-0.1, -0.05) is 42.0 Å². The second kappa shape index (κ2) is 7.29. The zero-order valence-corrected chi connectivity index (χ0v) is 15.9. The first-order chi connectivity index (χ1) is 14.4. The predicted octanol–water partition coefficient (Wildman–Crippen LogP) is 4.34. The highest BCUT2D eigenvalue weighted by Gasteiger charge is 2.35. The van der Waals surface area contributed by atoms with Crippen molar-refractivity contribution in [2.24, 2.45) is 0 Å². The van der Waals surface area contributed by atoms with Crippen LogP contribution in [0, 0.1) is 17.0 Å². The maximum absolute atomic E-state index is 13.3. The third-order valence-corrected chi connectivity index (χ3v) is 4.88. The van der Waals surface area contributed by atoms with Gasteiger partial charge in [0.15, 0.2) is 5.75 Å². The number of amides is 2. The number of fused-ring (bicyclic) bond motifs is 1. The van der Waals surface area contributed by atoms with Crippen molar-refractivity contribution in [3.8, 4) is 5.75 Å². The van der Waals surface area contributed by atoms with E-state index in [1.165, 1.54) is 24.3 Å². The molecule has 1 aliphatic rings. The molecular weight excluding hydrogens is 384 g/mol. The van der Waals surface area contributed by atoms with E-state index in [1.54, 1.807) is 36.4 Å². The largest absolute Gasteiger partial charge is 0.502 e. The molecule has 0 atom stereocenters. The van der Waals surface area contributed by atoms with Gasteiger partial charge in [0.05, 0.1) is 10.6 Å². The summed E-state index contributed by atoms with van der Waals surface area (Å²) in [6.45, 7) is 1.90. The number of phenols is 1. The molecule has 3 aromatic rings. The predicted molar refractivity (Wildman–Crippen MR) is 112 cm³/mol. The van der Waals surface area contributed by atoms with Crippen molar-refractivity contribution in [2.45, 2.75) is 6.92 Å². The minimum absolute atomic E-state index is 0.228. The molecule has 0 fully saturated rings. The lowest BCUT2D eigenvalue weighted by molar-refractivity contribution is -0.385. The number of hydrogen-bond acceptors (Lipinski definition) is 5. The first-order valence-corrected chi connectivity index (χ1v) is 9.11. The third kappa shape index (κ3) is 3.22. The summed E-state index contributed by atoms with van der Waals surface area (Å²) in [6.07, 6.45) is 1.49. The topological polar surface area (TPSA) is 101 Å². The van der Waals surface area contributed by atoms with Gasteiger partial charge in [-0.2, -0.15) is 0 Å². The highest BCUT2D eigenvalue weighted by Crippen LogP contribution is 2.34. The fraction of sp³-hybridized carbons (Fsp3) is 0.0435. The van der Waals surface area contributed by atoms with E-state index in [1.807, 2.05) is 19.1 Å². The Morgan fingerprint density at radius 3 is 2.27 bits per heavy atom. The van der Waals surface area contributed by atoms with Crippen LogP contribution in [-0.4, -0.2) is 21.8 Å². The average Bonchev–Trinajstić information content (AvgIpc) is 2.73. The van der Waals surface area contributed by atoms with Crippen molar-refractivity contribution in [3.05, 3.63) is 99.1 Å². The maximum atomic E-state index is 13.3. The van der Waals surface area contributed by atoms with E-state index in [0.717, 1.165) is 10.5 Å². The standard InChI is InChI=1S/C23H16N2O5/c1-14-6-9-16(10-7-14)24-22(27)18-5-3-2-4-17(18)19(23(24)28)12-15-8-11-21(26)20(13-15)25(29)30/h2-13,26H,1H3. The molecule has 0 aliphatic carbocycles. The van der Waals surface area contributed by atoms with E-state index in [9.17, 15) is 24.8 Å². The summed E-state index contributed by atoms with van der Waals surface area (Å²) in [4.78, 5) is 37.9. The highest BCUT2D eigenvalue weighted by atomic mass is 16.6. The second-order valence-corrected chi connectivity index (χ2v) is 6.89. The fourth-order valence-electron chi connectivity index (χ4n) is 3.36. The summed E-state index contributed by atoms with van der Waals surface area (Å²) in [6, 6.07) is 17.6. The SMILES string of the molecule is Cc1ccc(N2C(=O)C(=Cc3ccc(O)c([N+](=O)[O-])c3)c3ccccc3C2=O)cc1. The van der Waals surface area contributed by atoms with Crippen molar-refractivity contribution < 1.29 is 19.6 Å². The van der Waals surface area contributed by atoms with Gasteiger partial charge in [0, 0.05) is 17.2 Å². The van der Waals surface area contributed by atoms with Gasteiger partial charge in [0.1, 0.15) is 0 Å². The van der Waals surface area contributed by atoms with Crippen molar-refractivity contribution >= 4 is 34.8 Å². The number of nitro benzene ring substituents is 1. The summed E-state index contributed by atoms with van der Waals surface area (Å²) in [7, 11) is 0. The third-order valence-electron chi connectivity index (χ3n) is 4.88. The van der Waals surface area contributed by atoms with Gasteiger partial charge in [0.2, 0.25) is 0 Å². The Labute approximate surface area is 171 Å². The van der Waals surface area contributed by atoms with Gasteiger partial charge in [-0.3, -0.25) is 19.7 Å². The Morgan fingerprint density at radius 2 is 1.60 bits per heavy atom. The van der Waals surface area contributed by atoms with E-state index in [4.69, 9.17) is 0 Å². The zero-order valence-electron chi connectivity index (χ0n) is 15.9. The Hall–Kier alpha value is -4.26. The normalized spacial score (nSPS) is 14.7. The Bertz CT molecular complexity index is 1230. The van der Waals surface area contributed by atoms with Gasteiger partial charge in [-0.25, -0.2) is 4.90 Å². The molecule has 7 nitrogen and oxygen atoms in total. The first-order valence-electron chi connectivity index (χ1n) is 9.11. The molecule has 7 heteroatoms. The number of benzene rings is 3. The fourth-order valence-corrected chi connectivity index (χ4v) is 3.36. The Kier molecular flexibility index (Phi) is 4.63. The number of aromatic hydroxyl groups is 1. The minimum atomic E-state index is -0.698. The lowest BCUT2D eigenvalue weighted by atomic mass is 9.91. The van der Waals surface area contributed by atoms with Crippen LogP contribution in [0.15, 0.2) is 66.7 Å². The molecule has 148 valence electrons. The minimum Gasteiger partial charge on any atom is -0.502 e. The van der Waals surface area contributed by atoms with Gasteiger partial charge in [0.25, 0.3) is 11.8 Å². The van der Waals surface area contributed by atoms with Crippen LogP contribution in [0.1, 0.15) is 27.0 Å². The molecule has 3 aromatic carbocycles. The summed E-state index contributed by atoms with van der Waals surface area (Å²) in [5.41, 5.74) is 2.36. The van der Waals surface area contributed by atoms with Crippen LogP contribution in [0.4, 0.5) is 11.4 Å². The number of nitrogens with zero attached hydrogens (tertiary/aromatic N) is 2. The van der Waals surface area contributed by atoms with Gasteiger partial charge in [-0.15, -0.1) is 0 Å². The molecule has 0 unspecified atom stereocenters. The maximum Gasteiger partial charge on any atom is 0.311 e. The van der Waals surface area contributed by atoms with Crippen LogP contribution in [0.2, 0.25) is 0 Å². The molecule has 1 heterocycles.